The molecule has 1 aromatic rings. The third-order valence-corrected chi connectivity index (χ3v) is 9.31. The number of Topliss-reactive ketones (excluding diaryl/α,β-unsaturated/α-hetero) is 1. The molecule has 3 atom stereocenters. The molecule has 2 bridgehead atoms. The van der Waals surface area contributed by atoms with Crippen LogP contribution in [-0.2, 0) is 18.5 Å². The SMILES string of the molecule is CCC1CC2CC(C1)CC(C)(C(C)(C)OC(=O)C(C)(COSc1ccc(C)cc1)C(C)=O)C2. The largest absolute Gasteiger partial charge is 0.458 e. The minimum atomic E-state index is -1.33. The van der Waals surface area contributed by atoms with E-state index in [1.807, 2.05) is 45.0 Å². The van der Waals surface area contributed by atoms with Crippen molar-refractivity contribution in [1.29, 1.82) is 0 Å². The number of carbonyl (C=O) groups is 2. The Labute approximate surface area is 204 Å². The van der Waals surface area contributed by atoms with E-state index in [-0.39, 0.29) is 17.8 Å². The molecule has 2 saturated carbocycles. The van der Waals surface area contributed by atoms with Gasteiger partial charge in [-0.05, 0) is 96.6 Å². The fourth-order valence-corrected chi connectivity index (χ4v) is 6.48. The summed E-state index contributed by atoms with van der Waals surface area (Å²) in [6.07, 6.45) is 7.32. The van der Waals surface area contributed by atoms with Gasteiger partial charge in [0.1, 0.15) is 16.8 Å². The number of rotatable bonds is 9. The van der Waals surface area contributed by atoms with Crippen molar-refractivity contribution < 1.29 is 18.5 Å². The molecular weight excluding hydrogens is 432 g/mol. The Balaban J connectivity index is 1.66. The summed E-state index contributed by atoms with van der Waals surface area (Å²) in [5.41, 5.74) is -0.905. The van der Waals surface area contributed by atoms with Crippen LogP contribution >= 0.6 is 12.0 Å². The minimum absolute atomic E-state index is 0.0179. The van der Waals surface area contributed by atoms with Gasteiger partial charge in [-0.3, -0.25) is 9.59 Å². The zero-order valence-electron chi connectivity index (χ0n) is 21.5. The number of carbonyl (C=O) groups excluding carboxylic acids is 2. The third-order valence-electron chi connectivity index (χ3n) is 8.61. The second-order valence-electron chi connectivity index (χ2n) is 11.6. The Bertz CT molecular complexity index is 832. The number of esters is 1. The maximum absolute atomic E-state index is 13.4. The molecule has 2 fully saturated rings. The molecule has 184 valence electrons. The van der Waals surface area contributed by atoms with Crippen LogP contribution in [0, 0.1) is 35.5 Å². The number of aryl methyl sites for hydroxylation is 1. The van der Waals surface area contributed by atoms with Crippen LogP contribution in [0.5, 0.6) is 0 Å². The number of hydrogen-bond acceptors (Lipinski definition) is 5. The van der Waals surface area contributed by atoms with E-state index in [1.165, 1.54) is 50.2 Å². The van der Waals surface area contributed by atoms with Crippen LogP contribution < -0.4 is 0 Å². The quantitative estimate of drug-likeness (QED) is 0.215. The molecule has 0 aliphatic heterocycles. The van der Waals surface area contributed by atoms with Gasteiger partial charge in [0.05, 0.1) is 6.61 Å². The van der Waals surface area contributed by atoms with E-state index in [1.54, 1.807) is 6.92 Å². The average molecular weight is 475 g/mol. The number of ketones is 1. The van der Waals surface area contributed by atoms with E-state index >= 15 is 0 Å². The number of ether oxygens (including phenoxy) is 1. The number of hydrogen-bond donors (Lipinski definition) is 0. The van der Waals surface area contributed by atoms with E-state index in [2.05, 4.69) is 13.8 Å². The van der Waals surface area contributed by atoms with Gasteiger partial charge in [0.2, 0.25) is 0 Å². The summed E-state index contributed by atoms with van der Waals surface area (Å²) in [5.74, 6) is 1.54. The molecule has 0 radical (unpaired) electrons. The normalized spacial score (nSPS) is 29.2. The van der Waals surface area contributed by atoms with E-state index in [0.29, 0.717) is 11.8 Å². The van der Waals surface area contributed by atoms with Crippen LogP contribution in [0.15, 0.2) is 29.2 Å². The summed E-state index contributed by atoms with van der Waals surface area (Å²) >= 11 is 1.19. The minimum Gasteiger partial charge on any atom is -0.458 e. The predicted molar refractivity (Wildman–Crippen MR) is 134 cm³/mol. The van der Waals surface area contributed by atoms with Gasteiger partial charge in [-0.25, -0.2) is 0 Å². The second kappa shape index (κ2) is 10.1. The van der Waals surface area contributed by atoms with Gasteiger partial charge < -0.3 is 8.92 Å². The fourth-order valence-electron chi connectivity index (χ4n) is 5.80. The average Bonchev–Trinajstić information content (AvgIpc) is 2.73. The molecule has 0 N–H and O–H groups in total. The van der Waals surface area contributed by atoms with E-state index in [9.17, 15) is 9.59 Å². The number of fused-ring (bicyclic) bond motifs is 2. The molecule has 0 spiro atoms. The van der Waals surface area contributed by atoms with Crippen molar-refractivity contribution in [2.45, 2.75) is 97.5 Å². The van der Waals surface area contributed by atoms with Crippen molar-refractivity contribution in [1.82, 2.24) is 0 Å². The molecule has 0 amide bonds. The lowest BCUT2D eigenvalue weighted by molar-refractivity contribution is -0.191. The summed E-state index contributed by atoms with van der Waals surface area (Å²) in [5, 5.41) is 0. The highest BCUT2D eigenvalue weighted by atomic mass is 32.2. The van der Waals surface area contributed by atoms with E-state index < -0.39 is 17.0 Å². The second-order valence-corrected chi connectivity index (χ2v) is 12.5. The molecule has 3 unspecified atom stereocenters. The molecule has 0 heterocycles. The zero-order chi connectivity index (χ0) is 24.4. The molecule has 2 aliphatic rings. The maximum atomic E-state index is 13.4. The zero-order valence-corrected chi connectivity index (χ0v) is 22.3. The molecule has 2 aliphatic carbocycles. The van der Waals surface area contributed by atoms with E-state index in [4.69, 9.17) is 8.92 Å². The summed E-state index contributed by atoms with van der Waals surface area (Å²) in [7, 11) is 0. The van der Waals surface area contributed by atoms with Gasteiger partial charge in [-0.2, -0.15) is 0 Å². The molecule has 4 nitrogen and oxygen atoms in total. The van der Waals surface area contributed by atoms with Crippen molar-refractivity contribution in [3.05, 3.63) is 29.8 Å². The molecule has 3 rings (SSSR count). The molecule has 5 heteroatoms. The Morgan fingerprint density at radius 3 is 2.15 bits per heavy atom. The lowest BCUT2D eigenvalue weighted by atomic mass is 9.54. The van der Waals surface area contributed by atoms with Crippen molar-refractivity contribution in [3.63, 3.8) is 0 Å². The molecule has 1 aromatic carbocycles. The Morgan fingerprint density at radius 2 is 1.64 bits per heavy atom. The topological polar surface area (TPSA) is 52.6 Å². The summed E-state index contributed by atoms with van der Waals surface area (Å²) in [6.45, 7) is 13.8. The molecule has 0 aromatic heterocycles. The standard InChI is InChI=1S/C28H42O4S/c1-8-21-13-22-15-23(14-21)17-27(6,16-22)26(4,5)32-25(30)28(7,20(3)29)18-31-33-24-11-9-19(2)10-12-24/h9-12,21-23H,8,13-18H2,1-7H3. The molecule has 33 heavy (non-hydrogen) atoms. The van der Waals surface area contributed by atoms with Crippen LogP contribution in [0.4, 0.5) is 0 Å². The van der Waals surface area contributed by atoms with Crippen LogP contribution in [0.25, 0.3) is 0 Å². The molecule has 0 saturated heterocycles. The number of benzene rings is 1. The smallest absolute Gasteiger partial charge is 0.322 e. The lowest BCUT2D eigenvalue weighted by Crippen LogP contribution is -2.53. The highest BCUT2D eigenvalue weighted by Crippen LogP contribution is 2.56. The first kappa shape index (κ1) is 26.3. The monoisotopic (exact) mass is 474 g/mol. The van der Waals surface area contributed by atoms with Gasteiger partial charge in [0.15, 0.2) is 0 Å². The fraction of sp³-hybridized carbons (Fsp3) is 0.714. The maximum Gasteiger partial charge on any atom is 0.322 e. The summed E-state index contributed by atoms with van der Waals surface area (Å²) in [4.78, 5) is 26.9. The van der Waals surface area contributed by atoms with Crippen molar-refractivity contribution >= 4 is 23.8 Å². The summed E-state index contributed by atoms with van der Waals surface area (Å²) < 4.78 is 12.0. The van der Waals surface area contributed by atoms with Crippen LogP contribution in [0.2, 0.25) is 0 Å². The first-order valence-electron chi connectivity index (χ1n) is 12.5. The van der Waals surface area contributed by atoms with Gasteiger partial charge >= 0.3 is 5.97 Å². The van der Waals surface area contributed by atoms with Crippen LogP contribution in [-0.4, -0.2) is 24.0 Å². The van der Waals surface area contributed by atoms with Gasteiger partial charge in [-0.1, -0.05) is 38.0 Å². The third kappa shape index (κ3) is 5.85. The predicted octanol–water partition coefficient (Wildman–Crippen LogP) is 7.18. The van der Waals surface area contributed by atoms with Gasteiger partial charge in [0, 0.05) is 22.4 Å². The first-order chi connectivity index (χ1) is 15.4. The lowest BCUT2D eigenvalue weighted by Gasteiger charge is -2.54. The highest BCUT2D eigenvalue weighted by molar-refractivity contribution is 7.94. The van der Waals surface area contributed by atoms with Crippen molar-refractivity contribution in [2.24, 2.45) is 28.6 Å². The summed E-state index contributed by atoms with van der Waals surface area (Å²) in [6, 6.07) is 7.96. The van der Waals surface area contributed by atoms with Crippen LogP contribution in [0.3, 0.4) is 0 Å². The molecular formula is C28H42O4S. The van der Waals surface area contributed by atoms with Gasteiger partial charge in [0.25, 0.3) is 0 Å². The van der Waals surface area contributed by atoms with E-state index in [0.717, 1.165) is 23.7 Å². The van der Waals surface area contributed by atoms with Crippen LogP contribution in [0.1, 0.15) is 85.6 Å². The van der Waals surface area contributed by atoms with Gasteiger partial charge in [-0.15, -0.1) is 0 Å². The first-order valence-corrected chi connectivity index (χ1v) is 13.2. The Morgan fingerprint density at radius 1 is 1.06 bits per heavy atom. The highest BCUT2D eigenvalue weighted by Gasteiger charge is 2.53. The van der Waals surface area contributed by atoms with Crippen molar-refractivity contribution in [2.75, 3.05) is 6.61 Å². The Kier molecular flexibility index (Phi) is 8.05. The Hall–Kier alpha value is -1.33. The van der Waals surface area contributed by atoms with Crippen molar-refractivity contribution in [3.8, 4) is 0 Å².